The van der Waals surface area contributed by atoms with Crippen LogP contribution >= 0.6 is 11.8 Å². The summed E-state index contributed by atoms with van der Waals surface area (Å²) in [6.45, 7) is 2.27. The zero-order valence-electron chi connectivity index (χ0n) is 10.5. The monoisotopic (exact) mass is 263 g/mol. The number of nitrogens with zero attached hydrogens (tertiary/aromatic N) is 1. The summed E-state index contributed by atoms with van der Waals surface area (Å²) in [6.07, 6.45) is 1.19. The highest BCUT2D eigenvalue weighted by molar-refractivity contribution is 8.00. The Morgan fingerprint density at radius 2 is 2.17 bits per heavy atom. The van der Waals surface area contributed by atoms with Gasteiger partial charge in [-0.25, -0.2) is 0 Å². The Kier molecular flexibility index (Phi) is 6.97. The lowest BCUT2D eigenvalue weighted by Crippen LogP contribution is -2.19. The van der Waals surface area contributed by atoms with Crippen LogP contribution in [0.3, 0.4) is 0 Å². The number of carbonyl (C=O) groups is 1. The van der Waals surface area contributed by atoms with Gasteiger partial charge in [0.2, 0.25) is 0 Å². The predicted octanol–water partition coefficient (Wildman–Crippen LogP) is 3.16. The van der Waals surface area contributed by atoms with Crippen molar-refractivity contribution in [2.24, 2.45) is 0 Å². The smallest absolute Gasteiger partial charge is 0.319 e. The third kappa shape index (κ3) is 5.24. The van der Waals surface area contributed by atoms with Crippen molar-refractivity contribution >= 4 is 17.7 Å². The molecule has 0 aromatic heterocycles. The van der Waals surface area contributed by atoms with Crippen LogP contribution in [0.25, 0.3) is 0 Å². The van der Waals surface area contributed by atoms with E-state index in [2.05, 4.69) is 6.07 Å². The molecule has 0 spiro atoms. The Hall–Kier alpha value is -1.47. The average molecular weight is 263 g/mol. The maximum Gasteiger partial charge on any atom is 0.319 e. The third-order valence-electron chi connectivity index (χ3n) is 2.39. The molecule has 0 N–H and O–H groups in total. The number of esters is 1. The second kappa shape index (κ2) is 8.60. The standard InChI is InChI=1S/C14H17NO2S/c1-2-13(18-10-6-9-15)14(16)17-11-12-7-4-3-5-8-12/h3-5,7-8,13H,2,6,10-11H2,1H3. The van der Waals surface area contributed by atoms with Crippen LogP contribution in [0.4, 0.5) is 0 Å². The molecule has 0 radical (unpaired) electrons. The molecule has 0 fully saturated rings. The summed E-state index contributed by atoms with van der Waals surface area (Å²) in [6, 6.07) is 11.7. The largest absolute Gasteiger partial charge is 0.460 e. The molecule has 4 heteroatoms. The van der Waals surface area contributed by atoms with Crippen LogP contribution in [0.1, 0.15) is 25.3 Å². The van der Waals surface area contributed by atoms with E-state index in [0.29, 0.717) is 18.8 Å². The van der Waals surface area contributed by atoms with Crippen LogP contribution in [0, 0.1) is 11.3 Å². The van der Waals surface area contributed by atoms with Crippen LogP contribution in [0.2, 0.25) is 0 Å². The fraction of sp³-hybridized carbons (Fsp3) is 0.429. The number of rotatable bonds is 7. The van der Waals surface area contributed by atoms with Crippen molar-refractivity contribution in [2.75, 3.05) is 5.75 Å². The van der Waals surface area contributed by atoms with Crippen molar-refractivity contribution in [2.45, 2.75) is 31.6 Å². The van der Waals surface area contributed by atoms with E-state index in [4.69, 9.17) is 10.00 Å². The normalized spacial score (nSPS) is 11.6. The minimum Gasteiger partial charge on any atom is -0.460 e. The summed E-state index contributed by atoms with van der Waals surface area (Å²) >= 11 is 1.49. The molecule has 1 aromatic carbocycles. The number of hydrogen-bond acceptors (Lipinski definition) is 4. The van der Waals surface area contributed by atoms with Gasteiger partial charge >= 0.3 is 5.97 Å². The second-order valence-corrected chi connectivity index (χ2v) is 5.08. The van der Waals surface area contributed by atoms with Crippen LogP contribution in [-0.2, 0) is 16.1 Å². The molecule has 18 heavy (non-hydrogen) atoms. The fourth-order valence-electron chi connectivity index (χ4n) is 1.42. The minimum absolute atomic E-state index is 0.165. The van der Waals surface area contributed by atoms with Gasteiger partial charge in [-0.1, -0.05) is 37.3 Å². The summed E-state index contributed by atoms with van der Waals surface area (Å²) in [5, 5.41) is 8.30. The number of nitriles is 1. The molecule has 96 valence electrons. The first-order chi connectivity index (χ1) is 8.77. The molecule has 0 amide bonds. The molecule has 1 unspecified atom stereocenters. The lowest BCUT2D eigenvalue weighted by Gasteiger charge is -2.13. The van der Waals surface area contributed by atoms with E-state index in [0.717, 1.165) is 12.0 Å². The van der Waals surface area contributed by atoms with Crippen molar-refractivity contribution in [1.29, 1.82) is 5.26 Å². The van der Waals surface area contributed by atoms with Gasteiger partial charge in [-0.3, -0.25) is 4.79 Å². The van der Waals surface area contributed by atoms with Crippen LogP contribution in [0.15, 0.2) is 30.3 Å². The number of ether oxygens (including phenoxy) is 1. The minimum atomic E-state index is -0.190. The van der Waals surface area contributed by atoms with Gasteiger partial charge in [0.1, 0.15) is 11.9 Å². The first-order valence-corrected chi connectivity index (χ1v) is 7.02. The molecule has 1 rings (SSSR count). The number of thioether (sulfide) groups is 1. The Balaban J connectivity index is 2.36. The van der Waals surface area contributed by atoms with Crippen LogP contribution < -0.4 is 0 Å². The Morgan fingerprint density at radius 3 is 2.78 bits per heavy atom. The molecular weight excluding hydrogens is 246 g/mol. The van der Waals surface area contributed by atoms with E-state index >= 15 is 0 Å². The zero-order chi connectivity index (χ0) is 13.2. The molecule has 0 aliphatic heterocycles. The van der Waals surface area contributed by atoms with Gasteiger partial charge in [0.05, 0.1) is 6.07 Å². The first-order valence-electron chi connectivity index (χ1n) is 5.97. The van der Waals surface area contributed by atoms with Crippen LogP contribution in [0.5, 0.6) is 0 Å². The molecule has 0 heterocycles. The van der Waals surface area contributed by atoms with Crippen molar-refractivity contribution < 1.29 is 9.53 Å². The molecule has 0 aliphatic carbocycles. The molecular formula is C14H17NO2S. The highest BCUT2D eigenvalue weighted by Gasteiger charge is 2.18. The molecule has 1 aromatic rings. The summed E-state index contributed by atoms with van der Waals surface area (Å²) in [4.78, 5) is 11.8. The van der Waals surface area contributed by atoms with Crippen molar-refractivity contribution in [3.05, 3.63) is 35.9 Å². The lowest BCUT2D eigenvalue weighted by atomic mass is 10.2. The van der Waals surface area contributed by atoms with Gasteiger partial charge < -0.3 is 4.74 Å². The van der Waals surface area contributed by atoms with Gasteiger partial charge in [-0.05, 0) is 12.0 Å². The molecule has 1 atom stereocenters. The van der Waals surface area contributed by atoms with Gasteiger partial charge in [0.25, 0.3) is 0 Å². The van der Waals surface area contributed by atoms with Crippen molar-refractivity contribution in [3.8, 4) is 6.07 Å². The van der Waals surface area contributed by atoms with E-state index in [9.17, 15) is 4.79 Å². The topological polar surface area (TPSA) is 50.1 Å². The van der Waals surface area contributed by atoms with E-state index in [1.807, 2.05) is 37.3 Å². The molecule has 0 bridgehead atoms. The quantitative estimate of drug-likeness (QED) is 0.560. The fourth-order valence-corrected chi connectivity index (χ4v) is 2.35. The van der Waals surface area contributed by atoms with E-state index in [-0.39, 0.29) is 11.2 Å². The maximum absolute atomic E-state index is 11.8. The Bertz CT molecular complexity index is 400. The average Bonchev–Trinajstić information content (AvgIpc) is 2.42. The lowest BCUT2D eigenvalue weighted by molar-refractivity contribution is -0.144. The highest BCUT2D eigenvalue weighted by Crippen LogP contribution is 2.17. The Labute approximate surface area is 112 Å². The highest BCUT2D eigenvalue weighted by atomic mass is 32.2. The van der Waals surface area contributed by atoms with Crippen molar-refractivity contribution in [3.63, 3.8) is 0 Å². The molecule has 3 nitrogen and oxygen atoms in total. The van der Waals surface area contributed by atoms with Gasteiger partial charge in [-0.2, -0.15) is 5.26 Å². The van der Waals surface area contributed by atoms with Gasteiger partial charge in [0, 0.05) is 12.2 Å². The summed E-state index contributed by atoms with van der Waals surface area (Å²) < 4.78 is 5.27. The van der Waals surface area contributed by atoms with E-state index in [1.54, 1.807) is 0 Å². The number of hydrogen-bond donors (Lipinski definition) is 0. The maximum atomic E-state index is 11.8. The summed E-state index contributed by atoms with van der Waals surface area (Å²) in [5.41, 5.74) is 0.989. The number of carbonyl (C=O) groups excluding carboxylic acids is 1. The van der Waals surface area contributed by atoms with E-state index in [1.165, 1.54) is 11.8 Å². The predicted molar refractivity (Wildman–Crippen MR) is 73.0 cm³/mol. The van der Waals surface area contributed by atoms with Gasteiger partial charge in [0.15, 0.2) is 0 Å². The molecule has 0 aliphatic rings. The number of benzene rings is 1. The van der Waals surface area contributed by atoms with E-state index < -0.39 is 0 Å². The summed E-state index contributed by atoms with van der Waals surface area (Å²) in [7, 11) is 0. The Morgan fingerprint density at radius 1 is 1.44 bits per heavy atom. The second-order valence-electron chi connectivity index (χ2n) is 3.77. The summed E-state index contributed by atoms with van der Waals surface area (Å²) in [5.74, 6) is 0.486. The molecule has 0 saturated carbocycles. The third-order valence-corrected chi connectivity index (χ3v) is 3.76. The SMILES string of the molecule is CCC(SCCC#N)C(=O)OCc1ccccc1. The van der Waals surface area contributed by atoms with Crippen LogP contribution in [-0.4, -0.2) is 17.0 Å². The zero-order valence-corrected chi connectivity index (χ0v) is 11.3. The first kappa shape index (κ1) is 14.6. The van der Waals surface area contributed by atoms with Crippen molar-refractivity contribution in [1.82, 2.24) is 0 Å². The van der Waals surface area contributed by atoms with Gasteiger partial charge in [-0.15, -0.1) is 11.8 Å². The molecule has 0 saturated heterocycles.